The molecule has 0 bridgehead atoms. The van der Waals surface area contributed by atoms with Gasteiger partial charge in [-0.3, -0.25) is 14.5 Å². The first-order valence-corrected chi connectivity index (χ1v) is 11.0. The van der Waals surface area contributed by atoms with Crippen LogP contribution in [0.25, 0.3) is 10.8 Å². The number of amides is 2. The van der Waals surface area contributed by atoms with Crippen LogP contribution in [-0.2, 0) is 9.59 Å². The van der Waals surface area contributed by atoms with Crippen molar-refractivity contribution in [3.05, 3.63) is 78.4 Å². The molecule has 3 aromatic carbocycles. The molecule has 5 nitrogen and oxygen atoms in total. The molecule has 1 fully saturated rings. The first-order valence-electron chi connectivity index (χ1n) is 11.0. The van der Waals surface area contributed by atoms with Gasteiger partial charge < -0.3 is 10.6 Å². The minimum Gasteiger partial charge on any atom is -0.348 e. The van der Waals surface area contributed by atoms with E-state index in [0.29, 0.717) is 6.54 Å². The van der Waals surface area contributed by atoms with E-state index in [2.05, 4.69) is 39.8 Å². The summed E-state index contributed by atoms with van der Waals surface area (Å²) in [6, 6.07) is 23.9. The Balaban J connectivity index is 1.26. The summed E-state index contributed by atoms with van der Waals surface area (Å²) in [7, 11) is 0. The fourth-order valence-corrected chi connectivity index (χ4v) is 4.32. The number of carbonyl (C=O) groups is 2. The number of fused-ring (bicyclic) bond motifs is 1. The van der Waals surface area contributed by atoms with Gasteiger partial charge in [-0.25, -0.2) is 0 Å². The van der Waals surface area contributed by atoms with Gasteiger partial charge in [0.15, 0.2) is 0 Å². The number of hydrogen-bond acceptors (Lipinski definition) is 3. The van der Waals surface area contributed by atoms with E-state index in [4.69, 9.17) is 0 Å². The molecule has 1 atom stereocenters. The molecule has 3 aromatic rings. The zero-order chi connectivity index (χ0) is 21.6. The second kappa shape index (κ2) is 9.75. The van der Waals surface area contributed by atoms with E-state index in [1.54, 1.807) is 0 Å². The van der Waals surface area contributed by atoms with Crippen LogP contribution in [-0.4, -0.2) is 36.3 Å². The van der Waals surface area contributed by atoms with Gasteiger partial charge in [-0.2, -0.15) is 0 Å². The predicted molar refractivity (Wildman–Crippen MR) is 125 cm³/mol. The Hall–Kier alpha value is -3.18. The zero-order valence-electron chi connectivity index (χ0n) is 17.9. The minimum absolute atomic E-state index is 0.00544. The molecule has 0 radical (unpaired) electrons. The molecule has 0 saturated carbocycles. The van der Waals surface area contributed by atoms with Crippen LogP contribution in [0.15, 0.2) is 72.8 Å². The lowest BCUT2D eigenvalue weighted by molar-refractivity contribution is -0.123. The molecule has 2 N–H and O–H groups in total. The Morgan fingerprint density at radius 1 is 0.935 bits per heavy atom. The monoisotopic (exact) mass is 415 g/mol. The average molecular weight is 416 g/mol. The number of likely N-dealkylation sites (tertiary alicyclic amines) is 1. The lowest BCUT2D eigenvalue weighted by atomic mass is 9.95. The largest absolute Gasteiger partial charge is 0.348 e. The van der Waals surface area contributed by atoms with Crippen LogP contribution in [0.3, 0.4) is 0 Å². The van der Waals surface area contributed by atoms with E-state index in [1.165, 1.54) is 10.8 Å². The molecule has 0 spiro atoms. The summed E-state index contributed by atoms with van der Waals surface area (Å²) in [5.41, 5.74) is 1.96. The van der Waals surface area contributed by atoms with E-state index < -0.39 is 0 Å². The van der Waals surface area contributed by atoms with Gasteiger partial charge in [0.1, 0.15) is 0 Å². The first-order chi connectivity index (χ1) is 15.1. The van der Waals surface area contributed by atoms with Crippen LogP contribution >= 0.6 is 0 Å². The number of para-hydroxylation sites is 1. The van der Waals surface area contributed by atoms with Gasteiger partial charge in [-0.1, -0.05) is 60.7 Å². The van der Waals surface area contributed by atoms with E-state index in [0.717, 1.165) is 37.2 Å². The van der Waals surface area contributed by atoms with E-state index in [9.17, 15) is 9.59 Å². The van der Waals surface area contributed by atoms with Crippen LogP contribution in [0, 0.1) is 5.92 Å². The molecule has 160 valence electrons. The van der Waals surface area contributed by atoms with Gasteiger partial charge in [-0.05, 0) is 61.3 Å². The average Bonchev–Trinajstić information content (AvgIpc) is 2.79. The molecule has 2 amide bonds. The van der Waals surface area contributed by atoms with Crippen molar-refractivity contribution in [2.45, 2.75) is 25.8 Å². The summed E-state index contributed by atoms with van der Waals surface area (Å²) in [6.07, 6.45) is 1.54. The molecule has 1 heterocycles. The Labute approximate surface area is 183 Å². The topological polar surface area (TPSA) is 61.4 Å². The molecule has 1 aliphatic heterocycles. The Morgan fingerprint density at radius 3 is 2.39 bits per heavy atom. The van der Waals surface area contributed by atoms with Crippen LogP contribution in [0.4, 0.5) is 5.69 Å². The van der Waals surface area contributed by atoms with Gasteiger partial charge in [0.2, 0.25) is 11.8 Å². The fraction of sp³-hybridized carbons (Fsp3) is 0.308. The number of anilines is 1. The van der Waals surface area contributed by atoms with Gasteiger partial charge in [0, 0.05) is 11.6 Å². The maximum atomic E-state index is 12.7. The van der Waals surface area contributed by atoms with Gasteiger partial charge in [0.05, 0.1) is 12.6 Å². The number of hydrogen-bond donors (Lipinski definition) is 2. The Kier molecular flexibility index (Phi) is 6.63. The Bertz CT molecular complexity index is 1040. The molecular weight excluding hydrogens is 386 g/mol. The summed E-state index contributed by atoms with van der Waals surface area (Å²) in [4.78, 5) is 27.3. The molecule has 31 heavy (non-hydrogen) atoms. The summed E-state index contributed by atoms with van der Waals surface area (Å²) in [5.74, 6) is 0.0848. The van der Waals surface area contributed by atoms with Crippen molar-refractivity contribution in [3.8, 4) is 0 Å². The number of piperidine rings is 1. The third-order valence-corrected chi connectivity index (χ3v) is 6.03. The minimum atomic E-state index is -0.0622. The molecule has 1 saturated heterocycles. The molecule has 0 unspecified atom stereocenters. The normalized spacial score (nSPS) is 16.0. The van der Waals surface area contributed by atoms with E-state index >= 15 is 0 Å². The van der Waals surface area contributed by atoms with Crippen molar-refractivity contribution < 1.29 is 9.59 Å². The Morgan fingerprint density at radius 2 is 1.61 bits per heavy atom. The highest BCUT2D eigenvalue weighted by molar-refractivity contribution is 5.92. The summed E-state index contributed by atoms with van der Waals surface area (Å²) in [5, 5.41) is 8.48. The third-order valence-electron chi connectivity index (χ3n) is 6.03. The smallest absolute Gasteiger partial charge is 0.234 e. The van der Waals surface area contributed by atoms with Crippen LogP contribution in [0.1, 0.15) is 31.4 Å². The van der Waals surface area contributed by atoms with Gasteiger partial charge in [0.25, 0.3) is 0 Å². The third kappa shape index (κ3) is 5.30. The quantitative estimate of drug-likeness (QED) is 0.629. The van der Waals surface area contributed by atoms with Crippen LogP contribution in [0.2, 0.25) is 0 Å². The number of benzene rings is 3. The van der Waals surface area contributed by atoms with Crippen molar-refractivity contribution in [2.75, 3.05) is 25.0 Å². The van der Waals surface area contributed by atoms with Crippen molar-refractivity contribution in [2.24, 2.45) is 5.92 Å². The highest BCUT2D eigenvalue weighted by Crippen LogP contribution is 2.24. The molecule has 0 aromatic heterocycles. The summed E-state index contributed by atoms with van der Waals surface area (Å²) < 4.78 is 0. The second-order valence-corrected chi connectivity index (χ2v) is 8.26. The fourth-order valence-electron chi connectivity index (χ4n) is 4.32. The summed E-state index contributed by atoms with van der Waals surface area (Å²) >= 11 is 0. The highest BCUT2D eigenvalue weighted by atomic mass is 16.2. The molecule has 0 aliphatic carbocycles. The number of carbonyl (C=O) groups excluding carboxylic acids is 2. The van der Waals surface area contributed by atoms with Gasteiger partial charge in [-0.15, -0.1) is 0 Å². The van der Waals surface area contributed by atoms with Crippen molar-refractivity contribution in [1.29, 1.82) is 0 Å². The first kappa shape index (κ1) is 21.1. The van der Waals surface area contributed by atoms with E-state index in [-0.39, 0.29) is 23.8 Å². The van der Waals surface area contributed by atoms with Crippen molar-refractivity contribution in [3.63, 3.8) is 0 Å². The molecule has 4 rings (SSSR count). The molecule has 5 heteroatoms. The molecule has 1 aliphatic rings. The van der Waals surface area contributed by atoms with Gasteiger partial charge >= 0.3 is 0 Å². The zero-order valence-corrected chi connectivity index (χ0v) is 17.9. The van der Waals surface area contributed by atoms with Crippen LogP contribution in [0.5, 0.6) is 0 Å². The van der Waals surface area contributed by atoms with E-state index in [1.807, 2.05) is 55.5 Å². The number of nitrogens with zero attached hydrogens (tertiary/aromatic N) is 1. The molecular formula is C26H29N3O2. The maximum absolute atomic E-state index is 12.7. The second-order valence-electron chi connectivity index (χ2n) is 8.26. The number of nitrogens with one attached hydrogen (secondary N) is 2. The highest BCUT2D eigenvalue weighted by Gasteiger charge is 2.26. The predicted octanol–water partition coefficient (Wildman–Crippen LogP) is 4.37. The lowest BCUT2D eigenvalue weighted by Gasteiger charge is -2.31. The summed E-state index contributed by atoms with van der Waals surface area (Å²) in [6.45, 7) is 3.90. The number of rotatable bonds is 6. The lowest BCUT2D eigenvalue weighted by Crippen LogP contribution is -2.43. The van der Waals surface area contributed by atoms with Crippen LogP contribution < -0.4 is 10.6 Å². The SMILES string of the molecule is C[C@@H](NC(=O)CN1CCC(C(=O)Nc2ccccc2)CC1)c1cccc2ccccc12. The van der Waals surface area contributed by atoms with Crippen molar-refractivity contribution in [1.82, 2.24) is 10.2 Å². The van der Waals surface area contributed by atoms with Crippen molar-refractivity contribution >= 4 is 28.3 Å². The maximum Gasteiger partial charge on any atom is 0.234 e. The standard InChI is InChI=1S/C26H29N3O2/c1-19(23-13-7-9-20-8-5-6-12-24(20)23)27-25(30)18-29-16-14-21(15-17-29)26(31)28-22-10-3-2-4-11-22/h2-13,19,21H,14-18H2,1H3,(H,27,30)(H,28,31)/t19-/m1/s1.